The Bertz CT molecular complexity index is 832. The second kappa shape index (κ2) is 12.6. The zero-order valence-corrected chi connectivity index (χ0v) is 19.6. The van der Waals surface area contributed by atoms with E-state index in [1.807, 2.05) is 6.92 Å². The van der Waals surface area contributed by atoms with Crippen LogP contribution in [0, 0.1) is 35.3 Å². The van der Waals surface area contributed by atoms with Crippen LogP contribution >= 0.6 is 0 Å². The van der Waals surface area contributed by atoms with Crippen molar-refractivity contribution in [3.8, 4) is 5.75 Å². The number of carbonyl (C=O) groups is 1. The number of carboxylic acids is 1. The van der Waals surface area contributed by atoms with Crippen molar-refractivity contribution in [3.05, 3.63) is 42.0 Å². The van der Waals surface area contributed by atoms with Gasteiger partial charge in [-0.05, 0) is 56.1 Å². The predicted octanol–water partition coefficient (Wildman–Crippen LogP) is 4.33. The summed E-state index contributed by atoms with van der Waals surface area (Å²) >= 11 is 0. The first-order chi connectivity index (χ1) is 16.3. The van der Waals surface area contributed by atoms with Gasteiger partial charge in [0.15, 0.2) is 11.6 Å². The molecular weight excluding hydrogens is 446 g/mol. The number of rotatable bonds is 11. The van der Waals surface area contributed by atoms with E-state index in [4.69, 9.17) is 9.47 Å². The molecule has 2 fully saturated rings. The fourth-order valence-electron chi connectivity index (χ4n) is 5.19. The topological polar surface area (TPSA) is 96.2 Å². The number of aliphatic hydroxyl groups is 2. The summed E-state index contributed by atoms with van der Waals surface area (Å²) in [5.74, 6) is -2.42. The molecule has 7 atom stereocenters. The minimum absolute atomic E-state index is 0.0738. The summed E-state index contributed by atoms with van der Waals surface area (Å²) < 4.78 is 38.2. The van der Waals surface area contributed by atoms with Crippen molar-refractivity contribution in [2.75, 3.05) is 13.2 Å². The molecule has 1 aliphatic heterocycles. The molecule has 3 N–H and O–H groups in total. The Hall–Kier alpha value is -2.03. The molecule has 1 aliphatic carbocycles. The van der Waals surface area contributed by atoms with Crippen LogP contribution in [0.25, 0.3) is 0 Å². The molecule has 34 heavy (non-hydrogen) atoms. The van der Waals surface area contributed by atoms with Gasteiger partial charge < -0.3 is 24.8 Å². The maximum atomic E-state index is 13.7. The molecule has 0 bridgehead atoms. The Morgan fingerprint density at radius 2 is 2.09 bits per heavy atom. The third-order valence-electron chi connectivity index (χ3n) is 7.11. The fourth-order valence-corrected chi connectivity index (χ4v) is 5.19. The smallest absolute Gasteiger partial charge is 0.306 e. The third-order valence-corrected chi connectivity index (χ3v) is 7.11. The molecule has 3 rings (SSSR count). The number of fused-ring (bicyclic) bond motifs is 1. The first-order valence-corrected chi connectivity index (χ1v) is 12.2. The average Bonchev–Trinajstić information content (AvgIpc) is 2.96. The van der Waals surface area contributed by atoms with Gasteiger partial charge in [-0.1, -0.05) is 25.5 Å². The Balaban J connectivity index is 1.51. The summed E-state index contributed by atoms with van der Waals surface area (Å²) in [5.41, 5.74) is 0. The molecule has 0 spiro atoms. The molecule has 6 nitrogen and oxygen atoms in total. The van der Waals surface area contributed by atoms with Gasteiger partial charge in [-0.2, -0.15) is 0 Å². The summed E-state index contributed by atoms with van der Waals surface area (Å²) in [6.45, 7) is 2.32. The molecule has 190 valence electrons. The van der Waals surface area contributed by atoms with Crippen LogP contribution in [0.1, 0.15) is 51.9 Å². The number of aliphatic carboxylic acids is 1. The van der Waals surface area contributed by atoms with E-state index in [1.165, 1.54) is 6.08 Å². The molecule has 1 saturated heterocycles. The van der Waals surface area contributed by atoms with Crippen LogP contribution < -0.4 is 4.74 Å². The van der Waals surface area contributed by atoms with Crippen LogP contribution in [0.3, 0.4) is 0 Å². The predicted molar refractivity (Wildman–Crippen MR) is 122 cm³/mol. The van der Waals surface area contributed by atoms with E-state index in [0.717, 1.165) is 43.9 Å². The van der Waals surface area contributed by atoms with Gasteiger partial charge in [-0.25, -0.2) is 8.78 Å². The van der Waals surface area contributed by atoms with E-state index >= 15 is 0 Å². The van der Waals surface area contributed by atoms with Gasteiger partial charge in [0.05, 0.1) is 18.1 Å². The van der Waals surface area contributed by atoms with E-state index in [0.29, 0.717) is 31.8 Å². The zero-order valence-electron chi connectivity index (χ0n) is 19.6. The highest BCUT2D eigenvalue weighted by atomic mass is 19.1. The molecular formula is C26H36F2O6. The van der Waals surface area contributed by atoms with Crippen molar-refractivity contribution in [2.45, 2.75) is 70.2 Å². The lowest BCUT2D eigenvalue weighted by atomic mass is 9.85. The maximum absolute atomic E-state index is 13.7. The molecule has 2 aliphatic rings. The van der Waals surface area contributed by atoms with Crippen molar-refractivity contribution in [1.29, 1.82) is 0 Å². The monoisotopic (exact) mass is 482 g/mol. The average molecular weight is 483 g/mol. The number of halogens is 2. The van der Waals surface area contributed by atoms with Crippen molar-refractivity contribution in [3.63, 3.8) is 0 Å². The van der Waals surface area contributed by atoms with Crippen LogP contribution in [0.15, 0.2) is 30.4 Å². The third kappa shape index (κ3) is 7.23. The van der Waals surface area contributed by atoms with Gasteiger partial charge in [0, 0.05) is 25.0 Å². The highest BCUT2D eigenvalue weighted by molar-refractivity contribution is 5.69. The van der Waals surface area contributed by atoms with Crippen LogP contribution in [-0.2, 0) is 9.53 Å². The molecule has 0 aromatic heterocycles. The number of carboxylic acid groups (broad SMARTS) is 1. The van der Waals surface area contributed by atoms with Gasteiger partial charge >= 0.3 is 5.97 Å². The van der Waals surface area contributed by atoms with Crippen molar-refractivity contribution < 1.29 is 38.4 Å². The number of benzene rings is 1. The lowest BCUT2D eigenvalue weighted by molar-refractivity contribution is -0.142. The van der Waals surface area contributed by atoms with Gasteiger partial charge in [0.1, 0.15) is 18.5 Å². The van der Waals surface area contributed by atoms with Crippen molar-refractivity contribution in [1.82, 2.24) is 0 Å². The minimum Gasteiger partial charge on any atom is -0.487 e. The van der Waals surface area contributed by atoms with E-state index < -0.39 is 29.8 Å². The Labute approximate surface area is 199 Å². The van der Waals surface area contributed by atoms with E-state index in [9.17, 15) is 28.9 Å². The molecule has 1 saturated carbocycles. The SMILES string of the molecule is CCCC(CC[C@@H]1CC[C@@H]2[C@@H](/C=C/[C@H](O)COc3cc(F)ccc3F)[C@H](O)C[C@@H]2OC1)C(=O)O. The van der Waals surface area contributed by atoms with E-state index in [-0.39, 0.29) is 36.2 Å². The largest absolute Gasteiger partial charge is 0.487 e. The van der Waals surface area contributed by atoms with Gasteiger partial charge in [0.2, 0.25) is 0 Å². The Kier molecular flexibility index (Phi) is 9.85. The standard InChI is InChI=1S/C26H36F2O6/c1-2-3-17(26(31)32)6-4-16-5-9-21-20(23(30)13-24(21)33-14-16)10-8-19(29)15-34-25-12-18(27)7-11-22(25)28/h7-8,10-12,16-17,19-21,23-24,29-30H,2-6,9,13-15H2,1H3,(H,31,32)/b10-8+/t16-,17?,19+,20-,21-,23-,24+/m1/s1. The number of hydrogen-bond donors (Lipinski definition) is 3. The number of aliphatic hydroxyl groups excluding tert-OH is 2. The Morgan fingerprint density at radius 3 is 2.82 bits per heavy atom. The maximum Gasteiger partial charge on any atom is 0.306 e. The number of ether oxygens (including phenoxy) is 2. The molecule has 8 heteroatoms. The normalized spacial score (nSPS) is 28.9. The zero-order chi connectivity index (χ0) is 24.7. The van der Waals surface area contributed by atoms with E-state index in [1.54, 1.807) is 6.08 Å². The lowest BCUT2D eigenvalue weighted by Crippen LogP contribution is -2.22. The molecule has 0 radical (unpaired) electrons. The fraction of sp³-hybridized carbons (Fsp3) is 0.654. The van der Waals surface area contributed by atoms with Crippen LogP contribution in [0.5, 0.6) is 5.75 Å². The first-order valence-electron chi connectivity index (χ1n) is 12.2. The summed E-state index contributed by atoms with van der Waals surface area (Å²) in [5, 5.41) is 30.2. The Morgan fingerprint density at radius 1 is 1.29 bits per heavy atom. The van der Waals surface area contributed by atoms with E-state index in [2.05, 4.69) is 0 Å². The highest BCUT2D eigenvalue weighted by Crippen LogP contribution is 2.42. The minimum atomic E-state index is -1.04. The second-order valence-electron chi connectivity index (χ2n) is 9.60. The molecule has 1 heterocycles. The molecule has 1 unspecified atom stereocenters. The second-order valence-corrected chi connectivity index (χ2v) is 9.60. The van der Waals surface area contributed by atoms with Crippen molar-refractivity contribution >= 4 is 5.97 Å². The molecule has 1 aromatic carbocycles. The first kappa shape index (κ1) is 26.6. The molecule has 1 aromatic rings. The summed E-state index contributed by atoms with van der Waals surface area (Å²) in [4.78, 5) is 11.4. The van der Waals surface area contributed by atoms with Gasteiger partial charge in [0.25, 0.3) is 0 Å². The van der Waals surface area contributed by atoms with Crippen LogP contribution in [0.2, 0.25) is 0 Å². The summed E-state index contributed by atoms with van der Waals surface area (Å²) in [6.07, 6.45) is 6.87. The van der Waals surface area contributed by atoms with Crippen LogP contribution in [0.4, 0.5) is 8.78 Å². The van der Waals surface area contributed by atoms with Gasteiger partial charge in [-0.15, -0.1) is 0 Å². The lowest BCUT2D eigenvalue weighted by Gasteiger charge is -2.21. The highest BCUT2D eigenvalue weighted by Gasteiger charge is 2.43. The van der Waals surface area contributed by atoms with Crippen LogP contribution in [-0.4, -0.2) is 52.8 Å². The summed E-state index contributed by atoms with van der Waals surface area (Å²) in [6, 6.07) is 2.88. The molecule has 0 amide bonds. The van der Waals surface area contributed by atoms with Crippen molar-refractivity contribution in [2.24, 2.45) is 23.7 Å². The summed E-state index contributed by atoms with van der Waals surface area (Å²) in [7, 11) is 0. The number of hydrogen-bond acceptors (Lipinski definition) is 5. The quantitative estimate of drug-likeness (QED) is 0.406. The van der Waals surface area contributed by atoms with Gasteiger partial charge in [-0.3, -0.25) is 4.79 Å².